The Bertz CT molecular complexity index is 777. The quantitative estimate of drug-likeness (QED) is 0.892. The third kappa shape index (κ3) is 2.25. The van der Waals surface area contributed by atoms with E-state index in [1.807, 2.05) is 0 Å². The van der Waals surface area contributed by atoms with Crippen molar-refractivity contribution in [2.24, 2.45) is 0 Å². The fraction of sp³-hybridized carbons (Fsp3) is 0.200. The number of aromatic hydroxyl groups is 2. The van der Waals surface area contributed by atoms with E-state index in [1.54, 1.807) is 26.8 Å². The molecule has 0 bridgehead atoms. The molecule has 2 aromatic rings. The summed E-state index contributed by atoms with van der Waals surface area (Å²) in [4.78, 5) is -0.192. The van der Waals surface area contributed by atoms with Gasteiger partial charge in [-0.05, 0) is 55.7 Å². The van der Waals surface area contributed by atoms with Crippen LogP contribution >= 0.6 is 0 Å². The summed E-state index contributed by atoms with van der Waals surface area (Å²) in [5.41, 5.74) is 1.93. The van der Waals surface area contributed by atoms with Gasteiger partial charge < -0.3 is 10.2 Å². The van der Waals surface area contributed by atoms with E-state index in [2.05, 4.69) is 0 Å². The van der Waals surface area contributed by atoms with E-state index in [1.165, 1.54) is 24.3 Å². The zero-order chi connectivity index (χ0) is 15.1. The first kappa shape index (κ1) is 14.4. The van der Waals surface area contributed by atoms with Crippen LogP contribution < -0.4 is 0 Å². The summed E-state index contributed by atoms with van der Waals surface area (Å²) >= 11 is 0. The van der Waals surface area contributed by atoms with E-state index < -0.39 is 9.84 Å². The highest BCUT2D eigenvalue weighted by Gasteiger charge is 2.23. The van der Waals surface area contributed by atoms with Gasteiger partial charge in [0.1, 0.15) is 16.4 Å². The number of hydrogen-bond acceptors (Lipinski definition) is 4. The van der Waals surface area contributed by atoms with Gasteiger partial charge in [-0.3, -0.25) is 0 Å². The van der Waals surface area contributed by atoms with Crippen LogP contribution in [0.25, 0.3) is 0 Å². The van der Waals surface area contributed by atoms with Crippen molar-refractivity contribution < 1.29 is 18.6 Å². The van der Waals surface area contributed by atoms with Crippen molar-refractivity contribution in [2.75, 3.05) is 0 Å². The Kier molecular flexibility index (Phi) is 3.48. The minimum absolute atomic E-state index is 0.0425. The van der Waals surface area contributed by atoms with E-state index >= 15 is 0 Å². The van der Waals surface area contributed by atoms with Crippen molar-refractivity contribution in [1.82, 2.24) is 0 Å². The zero-order valence-electron chi connectivity index (χ0n) is 11.5. The molecule has 4 nitrogen and oxygen atoms in total. The molecule has 0 heterocycles. The molecule has 0 unspecified atom stereocenters. The largest absolute Gasteiger partial charge is 0.508 e. The molecule has 2 N–H and O–H groups in total. The number of rotatable bonds is 2. The van der Waals surface area contributed by atoms with E-state index in [0.29, 0.717) is 11.1 Å². The number of hydrogen-bond donors (Lipinski definition) is 2. The molecular formula is C15H16O4S. The van der Waals surface area contributed by atoms with Gasteiger partial charge in [0.05, 0.1) is 4.90 Å². The molecule has 0 saturated carbocycles. The molecule has 0 aromatic heterocycles. The van der Waals surface area contributed by atoms with Crippen LogP contribution in [0.2, 0.25) is 0 Å². The lowest BCUT2D eigenvalue weighted by Crippen LogP contribution is -2.03. The Hall–Kier alpha value is -2.01. The maximum atomic E-state index is 12.5. The first-order valence-electron chi connectivity index (χ1n) is 6.09. The van der Waals surface area contributed by atoms with Gasteiger partial charge in [-0.25, -0.2) is 8.42 Å². The Balaban J connectivity index is 2.67. The predicted molar refractivity (Wildman–Crippen MR) is 75.9 cm³/mol. The van der Waals surface area contributed by atoms with Crippen molar-refractivity contribution in [2.45, 2.75) is 30.6 Å². The summed E-state index contributed by atoms with van der Waals surface area (Å²) in [6, 6.07) is 7.17. The van der Waals surface area contributed by atoms with Crippen LogP contribution in [0, 0.1) is 20.8 Å². The normalized spacial score (nSPS) is 11.6. The molecule has 0 aliphatic rings. The Morgan fingerprint density at radius 2 is 1.50 bits per heavy atom. The molecular weight excluding hydrogens is 276 g/mol. The second-order valence-corrected chi connectivity index (χ2v) is 6.72. The third-order valence-corrected chi connectivity index (χ3v) is 5.23. The summed E-state index contributed by atoms with van der Waals surface area (Å²) in [5, 5.41) is 19.7. The summed E-state index contributed by atoms with van der Waals surface area (Å²) in [6.07, 6.45) is 0. The topological polar surface area (TPSA) is 74.6 Å². The molecule has 0 spiro atoms. The molecule has 0 radical (unpaired) electrons. The van der Waals surface area contributed by atoms with Crippen molar-refractivity contribution in [1.29, 1.82) is 0 Å². The highest BCUT2D eigenvalue weighted by atomic mass is 32.2. The molecule has 2 rings (SSSR count). The molecule has 2 aromatic carbocycles. The molecule has 20 heavy (non-hydrogen) atoms. The van der Waals surface area contributed by atoms with Gasteiger partial charge in [-0.15, -0.1) is 0 Å². The van der Waals surface area contributed by atoms with Crippen LogP contribution in [0.5, 0.6) is 11.5 Å². The van der Waals surface area contributed by atoms with Gasteiger partial charge in [0.15, 0.2) is 0 Å². The van der Waals surface area contributed by atoms with Gasteiger partial charge in [-0.2, -0.15) is 0 Å². The molecule has 0 saturated heterocycles. The summed E-state index contributed by atoms with van der Waals surface area (Å²) in [6.45, 7) is 5.14. The van der Waals surface area contributed by atoms with Crippen molar-refractivity contribution in [3.63, 3.8) is 0 Å². The maximum Gasteiger partial charge on any atom is 0.210 e. The molecule has 0 atom stereocenters. The third-order valence-electron chi connectivity index (χ3n) is 3.45. The van der Waals surface area contributed by atoms with Crippen LogP contribution in [-0.2, 0) is 9.84 Å². The van der Waals surface area contributed by atoms with Gasteiger partial charge in [0.25, 0.3) is 0 Å². The number of phenolic OH excluding ortho intramolecular Hbond substituents is 2. The van der Waals surface area contributed by atoms with E-state index in [9.17, 15) is 18.6 Å². The lowest BCUT2D eigenvalue weighted by atomic mass is 10.1. The fourth-order valence-electron chi connectivity index (χ4n) is 1.88. The highest BCUT2D eigenvalue weighted by Crippen LogP contribution is 2.34. The molecule has 5 heteroatoms. The average Bonchev–Trinajstić information content (AvgIpc) is 2.38. The van der Waals surface area contributed by atoms with Crippen LogP contribution in [0.3, 0.4) is 0 Å². The van der Waals surface area contributed by atoms with E-state index in [-0.39, 0.29) is 21.3 Å². The summed E-state index contributed by atoms with van der Waals surface area (Å²) in [5.74, 6) is -0.334. The molecule has 106 valence electrons. The predicted octanol–water partition coefficient (Wildman–Crippen LogP) is 2.86. The minimum Gasteiger partial charge on any atom is -0.508 e. The molecule has 0 aliphatic heterocycles. The maximum absolute atomic E-state index is 12.5. The van der Waals surface area contributed by atoms with Gasteiger partial charge in [0.2, 0.25) is 9.84 Å². The van der Waals surface area contributed by atoms with Gasteiger partial charge >= 0.3 is 0 Å². The van der Waals surface area contributed by atoms with E-state index in [4.69, 9.17) is 0 Å². The van der Waals surface area contributed by atoms with Crippen molar-refractivity contribution in [3.05, 3.63) is 47.0 Å². The van der Waals surface area contributed by atoms with Gasteiger partial charge in [0, 0.05) is 0 Å². The fourth-order valence-corrected chi connectivity index (χ4v) is 3.30. The van der Waals surface area contributed by atoms with Crippen LogP contribution in [0.4, 0.5) is 0 Å². The second-order valence-electron chi connectivity index (χ2n) is 4.81. The number of aryl methyl sites for hydroxylation is 2. The van der Waals surface area contributed by atoms with Crippen molar-refractivity contribution >= 4 is 9.84 Å². The zero-order valence-corrected chi connectivity index (χ0v) is 12.3. The highest BCUT2D eigenvalue weighted by molar-refractivity contribution is 7.91. The SMILES string of the molecule is Cc1ccc(S(=O)(=O)c2ccc(C)c(C)c2O)cc1O. The number of sulfone groups is 1. The van der Waals surface area contributed by atoms with Crippen LogP contribution in [0.1, 0.15) is 16.7 Å². The second kappa shape index (κ2) is 4.83. The molecule has 0 fully saturated rings. The van der Waals surface area contributed by atoms with Gasteiger partial charge in [-0.1, -0.05) is 12.1 Å². The molecule has 0 aliphatic carbocycles. The average molecular weight is 292 g/mol. The standard InChI is InChI=1S/C15H16O4S/c1-9-5-7-14(15(17)11(9)3)20(18,19)12-6-4-10(2)13(16)8-12/h4-8,16-17H,1-3H3. The smallest absolute Gasteiger partial charge is 0.210 e. The Morgan fingerprint density at radius 3 is 2.10 bits per heavy atom. The molecule has 0 amide bonds. The first-order chi connectivity index (χ1) is 9.25. The Morgan fingerprint density at radius 1 is 0.900 bits per heavy atom. The Labute approximate surface area is 118 Å². The summed E-state index contributed by atoms with van der Waals surface area (Å²) in [7, 11) is -3.86. The lowest BCUT2D eigenvalue weighted by molar-refractivity contribution is 0.453. The monoisotopic (exact) mass is 292 g/mol. The lowest BCUT2D eigenvalue weighted by Gasteiger charge is -2.11. The van der Waals surface area contributed by atoms with E-state index in [0.717, 1.165) is 5.56 Å². The summed E-state index contributed by atoms with van der Waals surface area (Å²) < 4.78 is 25.0. The number of phenols is 2. The van der Waals surface area contributed by atoms with Crippen LogP contribution in [-0.4, -0.2) is 18.6 Å². The van der Waals surface area contributed by atoms with Crippen molar-refractivity contribution in [3.8, 4) is 11.5 Å². The number of benzene rings is 2. The first-order valence-corrected chi connectivity index (χ1v) is 7.57. The van der Waals surface area contributed by atoms with Crippen LogP contribution in [0.15, 0.2) is 40.1 Å². The minimum atomic E-state index is -3.86.